The van der Waals surface area contributed by atoms with Crippen LogP contribution >= 0.6 is 23.2 Å². The molecule has 2 N–H and O–H groups in total. The smallest absolute Gasteiger partial charge is 0.262 e. The molecule has 0 aliphatic rings. The highest BCUT2D eigenvalue weighted by atomic mass is 35.5. The fraction of sp³-hybridized carbons (Fsp3) is 0.192. The minimum absolute atomic E-state index is 0.194. The molecule has 1 unspecified atom stereocenters. The van der Waals surface area contributed by atoms with Gasteiger partial charge < -0.3 is 10.1 Å². The first-order valence-electron chi connectivity index (χ1n) is 10.8. The van der Waals surface area contributed by atoms with Gasteiger partial charge in [-0.3, -0.25) is 9.59 Å². The monoisotopic (exact) mass is 515 g/mol. The summed E-state index contributed by atoms with van der Waals surface area (Å²) in [7, 11) is 0. The van der Waals surface area contributed by atoms with Gasteiger partial charge in [-0.15, -0.1) is 0 Å². The Bertz CT molecular complexity index is 1200. The molecule has 6 nitrogen and oxygen atoms in total. The molecule has 0 aromatic heterocycles. The zero-order valence-corrected chi connectivity index (χ0v) is 20.6. The zero-order valence-electron chi connectivity index (χ0n) is 19.1. The van der Waals surface area contributed by atoms with Crippen molar-refractivity contribution < 1.29 is 18.7 Å². The van der Waals surface area contributed by atoms with Crippen LogP contribution in [0.2, 0.25) is 10.0 Å². The Hall–Kier alpha value is -3.42. The highest BCUT2D eigenvalue weighted by Crippen LogP contribution is 2.22. The standard InChI is InChI=1S/C26H24Cl2FN3O3/c1-16(2)24(31-25(33)18-6-9-21(29)10-7-18)26(34)32-30-14-17-3-11-22(12-4-17)35-15-19-5-8-20(27)13-23(19)28/h3-14,16,24H,15H2,1-2H3,(H,31,33)(H,32,34)/b30-14+. The van der Waals surface area contributed by atoms with E-state index in [1.54, 1.807) is 56.3 Å². The van der Waals surface area contributed by atoms with Crippen LogP contribution in [0.15, 0.2) is 71.8 Å². The van der Waals surface area contributed by atoms with Gasteiger partial charge in [-0.25, -0.2) is 9.82 Å². The van der Waals surface area contributed by atoms with Crippen LogP contribution in [0.3, 0.4) is 0 Å². The number of rotatable bonds is 9. The van der Waals surface area contributed by atoms with Gasteiger partial charge in [-0.1, -0.05) is 43.1 Å². The number of hydrazone groups is 1. The van der Waals surface area contributed by atoms with E-state index in [0.29, 0.717) is 22.4 Å². The SMILES string of the molecule is CC(C)C(NC(=O)c1ccc(F)cc1)C(=O)N/N=C/c1ccc(OCc2ccc(Cl)cc2Cl)cc1. The van der Waals surface area contributed by atoms with Crippen LogP contribution in [0.5, 0.6) is 5.75 Å². The highest BCUT2D eigenvalue weighted by Gasteiger charge is 2.24. The van der Waals surface area contributed by atoms with Crippen molar-refractivity contribution in [1.82, 2.24) is 10.7 Å². The van der Waals surface area contributed by atoms with Gasteiger partial charge in [0.15, 0.2) is 0 Å². The molecule has 0 saturated heterocycles. The van der Waals surface area contributed by atoms with Gasteiger partial charge in [0.2, 0.25) is 0 Å². The molecule has 3 rings (SSSR count). The second-order valence-corrected chi connectivity index (χ2v) is 8.87. The number of amides is 2. The summed E-state index contributed by atoms with van der Waals surface area (Å²) in [6, 6.07) is 16.6. The molecule has 0 bridgehead atoms. The molecular weight excluding hydrogens is 492 g/mol. The lowest BCUT2D eigenvalue weighted by Gasteiger charge is -2.20. The average molecular weight is 516 g/mol. The molecule has 0 saturated carbocycles. The van der Waals surface area contributed by atoms with E-state index < -0.39 is 23.7 Å². The van der Waals surface area contributed by atoms with E-state index in [4.69, 9.17) is 27.9 Å². The molecule has 3 aromatic carbocycles. The third-order valence-electron chi connectivity index (χ3n) is 5.02. The molecule has 9 heteroatoms. The average Bonchev–Trinajstić information content (AvgIpc) is 2.83. The maximum atomic E-state index is 13.1. The van der Waals surface area contributed by atoms with Gasteiger partial charge in [0.25, 0.3) is 11.8 Å². The fourth-order valence-electron chi connectivity index (χ4n) is 3.05. The van der Waals surface area contributed by atoms with Crippen molar-refractivity contribution in [3.05, 3.63) is 99.3 Å². The summed E-state index contributed by atoms with van der Waals surface area (Å²) in [6.45, 7) is 3.89. The van der Waals surface area contributed by atoms with Crippen molar-refractivity contribution in [2.75, 3.05) is 0 Å². The Balaban J connectivity index is 1.53. The number of hydrogen-bond acceptors (Lipinski definition) is 4. The fourth-order valence-corrected chi connectivity index (χ4v) is 3.51. The summed E-state index contributed by atoms with van der Waals surface area (Å²) in [5.74, 6) is -0.940. The molecular formula is C26H24Cl2FN3O3. The van der Waals surface area contributed by atoms with Gasteiger partial charge in [0, 0.05) is 21.2 Å². The summed E-state index contributed by atoms with van der Waals surface area (Å²) in [6.07, 6.45) is 1.48. The maximum absolute atomic E-state index is 13.1. The summed E-state index contributed by atoms with van der Waals surface area (Å²) in [5.41, 5.74) is 4.26. The molecule has 0 heterocycles. The minimum Gasteiger partial charge on any atom is -0.489 e. The van der Waals surface area contributed by atoms with Crippen LogP contribution in [0.1, 0.15) is 35.3 Å². The van der Waals surface area contributed by atoms with Crippen molar-refractivity contribution in [3.8, 4) is 5.75 Å². The van der Waals surface area contributed by atoms with Crippen LogP contribution in [-0.4, -0.2) is 24.1 Å². The first kappa shape index (κ1) is 26.2. The van der Waals surface area contributed by atoms with E-state index in [2.05, 4.69) is 15.8 Å². The predicted octanol–water partition coefficient (Wildman–Crippen LogP) is 5.62. The molecule has 1 atom stereocenters. The summed E-state index contributed by atoms with van der Waals surface area (Å²) in [4.78, 5) is 25.0. The van der Waals surface area contributed by atoms with E-state index in [9.17, 15) is 14.0 Å². The zero-order chi connectivity index (χ0) is 25.4. The normalized spacial score (nSPS) is 11.9. The number of hydrogen-bond donors (Lipinski definition) is 2. The molecule has 182 valence electrons. The van der Waals surface area contributed by atoms with E-state index in [1.807, 2.05) is 0 Å². The number of nitrogens with zero attached hydrogens (tertiary/aromatic N) is 1. The number of ether oxygens (including phenoxy) is 1. The van der Waals surface area contributed by atoms with Crippen LogP contribution in [-0.2, 0) is 11.4 Å². The molecule has 3 aromatic rings. The highest BCUT2D eigenvalue weighted by molar-refractivity contribution is 6.35. The molecule has 0 spiro atoms. The van der Waals surface area contributed by atoms with Crippen LogP contribution < -0.4 is 15.5 Å². The van der Waals surface area contributed by atoms with Gasteiger partial charge in [0.05, 0.1) is 6.21 Å². The van der Waals surface area contributed by atoms with Crippen LogP contribution in [0, 0.1) is 11.7 Å². The number of carbonyl (C=O) groups is 2. The second-order valence-electron chi connectivity index (χ2n) is 8.03. The van der Waals surface area contributed by atoms with Gasteiger partial charge >= 0.3 is 0 Å². The lowest BCUT2D eigenvalue weighted by atomic mass is 10.0. The molecule has 2 amide bonds. The number of nitrogens with one attached hydrogen (secondary N) is 2. The molecule has 0 radical (unpaired) electrons. The first-order chi connectivity index (χ1) is 16.7. The number of halogens is 3. The Morgan fingerprint density at radius 3 is 2.34 bits per heavy atom. The molecule has 0 aliphatic carbocycles. The van der Waals surface area contributed by atoms with Gasteiger partial charge in [-0.05, 0) is 72.1 Å². The summed E-state index contributed by atoms with van der Waals surface area (Å²) < 4.78 is 18.8. The van der Waals surface area contributed by atoms with Gasteiger partial charge in [-0.2, -0.15) is 5.10 Å². The molecule has 35 heavy (non-hydrogen) atoms. The number of benzene rings is 3. The van der Waals surface area contributed by atoms with Crippen LogP contribution in [0.4, 0.5) is 4.39 Å². The third kappa shape index (κ3) is 7.80. The van der Waals surface area contributed by atoms with Crippen molar-refractivity contribution in [2.24, 2.45) is 11.0 Å². The topological polar surface area (TPSA) is 79.8 Å². The molecule has 0 fully saturated rings. The summed E-state index contributed by atoms with van der Waals surface area (Å²) in [5, 5.41) is 7.74. The predicted molar refractivity (Wildman–Crippen MR) is 135 cm³/mol. The Labute approximate surface area is 213 Å². The van der Waals surface area contributed by atoms with Crippen LogP contribution in [0.25, 0.3) is 0 Å². The Morgan fingerprint density at radius 1 is 1.03 bits per heavy atom. The van der Waals surface area contributed by atoms with E-state index >= 15 is 0 Å². The lowest BCUT2D eigenvalue weighted by Crippen LogP contribution is -2.48. The van der Waals surface area contributed by atoms with Crippen molar-refractivity contribution in [3.63, 3.8) is 0 Å². The van der Waals surface area contributed by atoms with Crippen molar-refractivity contribution in [1.29, 1.82) is 0 Å². The van der Waals surface area contributed by atoms with Gasteiger partial charge in [0.1, 0.15) is 24.2 Å². The quantitative estimate of drug-likeness (QED) is 0.286. The molecule has 0 aliphatic heterocycles. The Morgan fingerprint density at radius 2 is 1.71 bits per heavy atom. The maximum Gasteiger partial charge on any atom is 0.262 e. The number of carbonyl (C=O) groups excluding carboxylic acids is 2. The van der Waals surface area contributed by atoms with E-state index in [-0.39, 0.29) is 11.5 Å². The second kappa shape index (κ2) is 12.3. The lowest BCUT2D eigenvalue weighted by molar-refractivity contribution is -0.123. The minimum atomic E-state index is -0.819. The van der Waals surface area contributed by atoms with Crippen molar-refractivity contribution >= 4 is 41.2 Å². The first-order valence-corrected chi connectivity index (χ1v) is 11.5. The van der Waals surface area contributed by atoms with E-state index in [1.165, 1.54) is 30.5 Å². The Kier molecular flexibility index (Phi) is 9.23. The van der Waals surface area contributed by atoms with E-state index in [0.717, 1.165) is 11.1 Å². The summed E-state index contributed by atoms with van der Waals surface area (Å²) >= 11 is 12.1. The largest absolute Gasteiger partial charge is 0.489 e. The third-order valence-corrected chi connectivity index (χ3v) is 5.61. The van der Waals surface area contributed by atoms with Crippen molar-refractivity contribution in [2.45, 2.75) is 26.5 Å².